The van der Waals surface area contributed by atoms with Crippen molar-refractivity contribution in [2.75, 3.05) is 26.8 Å². The topological polar surface area (TPSA) is 105 Å². The van der Waals surface area contributed by atoms with Crippen LogP contribution in [-0.2, 0) is 27.4 Å². The lowest BCUT2D eigenvalue weighted by Crippen LogP contribution is -2.52. The summed E-state index contributed by atoms with van der Waals surface area (Å²) in [6, 6.07) is 5.25. The summed E-state index contributed by atoms with van der Waals surface area (Å²) in [6.45, 7) is 2.99. The number of ether oxygens (including phenoxy) is 1. The number of likely N-dealkylation sites (N-methyl/N-ethyl adjacent to an activating group) is 1. The number of rotatable bonds is 5. The Hall–Kier alpha value is -2.29. The number of amides is 3. The number of carbonyl (C=O) groups excluding carboxylic acids is 3. The zero-order valence-corrected chi connectivity index (χ0v) is 16.1. The molecule has 1 aromatic rings. The lowest BCUT2D eigenvalue weighted by Gasteiger charge is -2.36. The van der Waals surface area contributed by atoms with Gasteiger partial charge in [0.25, 0.3) is 5.91 Å². The summed E-state index contributed by atoms with van der Waals surface area (Å²) in [7, 11) is 2.05. The maximum atomic E-state index is 12.8. The minimum Gasteiger partial charge on any atom is -0.379 e. The predicted molar refractivity (Wildman–Crippen MR) is 101 cm³/mol. The third-order valence-corrected chi connectivity index (χ3v) is 6.28. The normalized spacial score (nSPS) is 27.5. The summed E-state index contributed by atoms with van der Waals surface area (Å²) >= 11 is 0. The van der Waals surface area contributed by atoms with Crippen LogP contribution < -0.4 is 11.1 Å². The molecule has 150 valence electrons. The van der Waals surface area contributed by atoms with E-state index in [2.05, 4.69) is 17.3 Å². The Bertz CT molecular complexity index is 818. The van der Waals surface area contributed by atoms with E-state index in [1.54, 1.807) is 4.90 Å². The monoisotopic (exact) mass is 386 g/mol. The summed E-state index contributed by atoms with van der Waals surface area (Å²) in [4.78, 5) is 40.1. The molecule has 0 aliphatic carbocycles. The van der Waals surface area contributed by atoms with Crippen molar-refractivity contribution < 1.29 is 19.1 Å². The Labute approximate surface area is 164 Å². The molecule has 0 saturated carbocycles. The molecule has 2 fully saturated rings. The lowest BCUT2D eigenvalue weighted by atomic mass is 9.96. The Kier molecular flexibility index (Phi) is 4.95. The van der Waals surface area contributed by atoms with Crippen molar-refractivity contribution in [1.82, 2.24) is 15.1 Å². The van der Waals surface area contributed by atoms with Crippen molar-refractivity contribution in [1.29, 1.82) is 0 Å². The van der Waals surface area contributed by atoms with E-state index in [0.717, 1.165) is 24.2 Å². The molecule has 0 bridgehead atoms. The lowest BCUT2D eigenvalue weighted by molar-refractivity contribution is -0.136. The van der Waals surface area contributed by atoms with Crippen molar-refractivity contribution >= 4 is 17.7 Å². The average Bonchev–Trinajstić information content (AvgIpc) is 3.28. The van der Waals surface area contributed by atoms with Gasteiger partial charge in [0.05, 0.1) is 12.1 Å². The zero-order chi connectivity index (χ0) is 19.9. The first-order chi connectivity index (χ1) is 13.4. The van der Waals surface area contributed by atoms with Gasteiger partial charge in [-0.3, -0.25) is 24.6 Å². The number of hydrogen-bond acceptors (Lipinski definition) is 6. The van der Waals surface area contributed by atoms with Crippen LogP contribution in [0.4, 0.5) is 0 Å². The Balaban J connectivity index is 1.49. The molecular formula is C20H26N4O4. The van der Waals surface area contributed by atoms with Crippen molar-refractivity contribution in [2.24, 2.45) is 5.73 Å². The van der Waals surface area contributed by atoms with Gasteiger partial charge in [0.15, 0.2) is 0 Å². The number of piperidine rings is 1. The molecule has 1 aromatic carbocycles. The van der Waals surface area contributed by atoms with Crippen LogP contribution in [0.1, 0.15) is 40.7 Å². The van der Waals surface area contributed by atoms with Gasteiger partial charge in [0.1, 0.15) is 6.04 Å². The second-order valence-electron chi connectivity index (χ2n) is 7.98. The van der Waals surface area contributed by atoms with Gasteiger partial charge in [-0.15, -0.1) is 0 Å². The van der Waals surface area contributed by atoms with Gasteiger partial charge >= 0.3 is 0 Å². The molecule has 28 heavy (non-hydrogen) atoms. The van der Waals surface area contributed by atoms with Gasteiger partial charge < -0.3 is 15.4 Å². The van der Waals surface area contributed by atoms with Gasteiger partial charge in [-0.05, 0) is 37.1 Å². The van der Waals surface area contributed by atoms with Crippen LogP contribution >= 0.6 is 0 Å². The second-order valence-corrected chi connectivity index (χ2v) is 7.98. The molecule has 4 rings (SSSR count). The van der Waals surface area contributed by atoms with Crippen molar-refractivity contribution in [3.05, 3.63) is 34.9 Å². The Morgan fingerprint density at radius 2 is 2.18 bits per heavy atom. The van der Waals surface area contributed by atoms with E-state index in [1.165, 1.54) is 0 Å². The van der Waals surface area contributed by atoms with Gasteiger partial charge in [-0.25, -0.2) is 0 Å². The first-order valence-electron chi connectivity index (χ1n) is 9.69. The van der Waals surface area contributed by atoms with Crippen LogP contribution in [0.2, 0.25) is 0 Å². The third-order valence-electron chi connectivity index (χ3n) is 6.28. The smallest absolute Gasteiger partial charge is 0.255 e. The standard InChI is InChI=1S/C20H26N4O4/c1-23(20(11-21)6-7-28-12-20)9-13-2-3-15-14(8-13)10-24(19(15)27)16-4-5-17(25)22-18(16)26/h2-3,8,16H,4-7,9-12,21H2,1H3,(H,22,25,26). The average molecular weight is 386 g/mol. The molecule has 3 N–H and O–H groups in total. The number of carbonyl (C=O) groups is 3. The fourth-order valence-corrected chi connectivity index (χ4v) is 4.38. The largest absolute Gasteiger partial charge is 0.379 e. The number of imide groups is 1. The van der Waals surface area contributed by atoms with Gasteiger partial charge in [0, 0.05) is 38.2 Å². The van der Waals surface area contributed by atoms with Crippen molar-refractivity contribution in [3.63, 3.8) is 0 Å². The van der Waals surface area contributed by atoms with Gasteiger partial charge in [-0.1, -0.05) is 12.1 Å². The van der Waals surface area contributed by atoms with Crippen LogP contribution in [-0.4, -0.2) is 65.9 Å². The summed E-state index contributed by atoms with van der Waals surface area (Å²) in [5.41, 5.74) is 8.53. The van der Waals surface area contributed by atoms with E-state index in [1.807, 2.05) is 18.2 Å². The molecule has 2 atom stereocenters. The molecule has 2 saturated heterocycles. The molecule has 8 nitrogen and oxygen atoms in total. The molecule has 3 amide bonds. The summed E-state index contributed by atoms with van der Waals surface area (Å²) in [6.07, 6.45) is 1.54. The first kappa shape index (κ1) is 19.0. The number of benzene rings is 1. The SMILES string of the molecule is CN(Cc1ccc2c(c1)CN(C1CCC(=O)NC1=O)C2=O)C1(CN)CCOC1. The molecular weight excluding hydrogens is 360 g/mol. The van der Waals surface area contributed by atoms with Crippen LogP contribution in [0, 0.1) is 0 Å². The van der Waals surface area contributed by atoms with Gasteiger partial charge in [0.2, 0.25) is 11.8 Å². The number of fused-ring (bicyclic) bond motifs is 1. The first-order valence-corrected chi connectivity index (χ1v) is 9.69. The summed E-state index contributed by atoms with van der Waals surface area (Å²) < 4.78 is 5.56. The van der Waals surface area contributed by atoms with Crippen LogP contribution in [0.25, 0.3) is 0 Å². The second kappa shape index (κ2) is 7.27. The minimum atomic E-state index is -0.583. The Morgan fingerprint density at radius 3 is 2.86 bits per heavy atom. The van der Waals surface area contributed by atoms with Crippen LogP contribution in [0.5, 0.6) is 0 Å². The highest BCUT2D eigenvalue weighted by Crippen LogP contribution is 2.30. The van der Waals surface area contributed by atoms with E-state index in [4.69, 9.17) is 10.5 Å². The van der Waals surface area contributed by atoms with Gasteiger partial charge in [-0.2, -0.15) is 0 Å². The van der Waals surface area contributed by atoms with Crippen molar-refractivity contribution in [3.8, 4) is 0 Å². The summed E-state index contributed by atoms with van der Waals surface area (Å²) in [5, 5.41) is 2.33. The predicted octanol–water partition coefficient (Wildman–Crippen LogP) is -0.00280. The van der Waals surface area contributed by atoms with E-state index in [9.17, 15) is 14.4 Å². The molecule has 0 radical (unpaired) electrons. The van der Waals surface area contributed by atoms with Crippen molar-refractivity contribution in [2.45, 2.75) is 43.9 Å². The molecule has 0 aromatic heterocycles. The number of nitrogens with one attached hydrogen (secondary N) is 1. The highest BCUT2D eigenvalue weighted by atomic mass is 16.5. The fourth-order valence-electron chi connectivity index (χ4n) is 4.38. The highest BCUT2D eigenvalue weighted by molar-refractivity contribution is 6.05. The fraction of sp³-hybridized carbons (Fsp3) is 0.550. The minimum absolute atomic E-state index is 0.145. The summed E-state index contributed by atoms with van der Waals surface area (Å²) in [5.74, 6) is -0.809. The maximum absolute atomic E-state index is 12.8. The number of nitrogens with two attached hydrogens (primary N) is 1. The molecule has 0 spiro atoms. The van der Waals surface area contributed by atoms with E-state index < -0.39 is 6.04 Å². The highest BCUT2D eigenvalue weighted by Gasteiger charge is 2.40. The molecule has 2 unspecified atom stereocenters. The number of hydrogen-bond donors (Lipinski definition) is 2. The third kappa shape index (κ3) is 3.21. The zero-order valence-electron chi connectivity index (χ0n) is 16.1. The number of nitrogens with zero attached hydrogens (tertiary/aromatic N) is 2. The molecule has 3 aliphatic rings. The van der Waals surface area contributed by atoms with E-state index in [0.29, 0.717) is 38.2 Å². The Morgan fingerprint density at radius 1 is 1.36 bits per heavy atom. The van der Waals surface area contributed by atoms with Crippen LogP contribution in [0.3, 0.4) is 0 Å². The molecule has 8 heteroatoms. The quantitative estimate of drug-likeness (QED) is 0.690. The maximum Gasteiger partial charge on any atom is 0.255 e. The van der Waals surface area contributed by atoms with E-state index in [-0.39, 0.29) is 29.7 Å². The van der Waals surface area contributed by atoms with E-state index >= 15 is 0 Å². The van der Waals surface area contributed by atoms with Crippen LogP contribution in [0.15, 0.2) is 18.2 Å². The molecule has 3 heterocycles. The molecule has 3 aliphatic heterocycles.